The predicted molar refractivity (Wildman–Crippen MR) is 70.3 cm³/mol. The van der Waals surface area contributed by atoms with Gasteiger partial charge in [0.25, 0.3) is 11.8 Å². The predicted octanol–water partition coefficient (Wildman–Crippen LogP) is 0.388. The van der Waals surface area contributed by atoms with Crippen molar-refractivity contribution in [3.63, 3.8) is 0 Å². The van der Waals surface area contributed by atoms with Gasteiger partial charge in [0.15, 0.2) is 11.4 Å². The summed E-state index contributed by atoms with van der Waals surface area (Å²) in [6.07, 6.45) is 1.07. The minimum absolute atomic E-state index is 0.343. The first kappa shape index (κ1) is 14.3. The number of rotatable bonds is 5. The van der Waals surface area contributed by atoms with E-state index in [1.54, 1.807) is 30.3 Å². The monoisotopic (exact) mass is 287 g/mol. The lowest BCUT2D eigenvalue weighted by molar-refractivity contribution is -0.120. The number of nitrogens with one attached hydrogen (secondary N) is 3. The van der Waals surface area contributed by atoms with E-state index in [4.69, 9.17) is 10.8 Å². The Labute approximate surface area is 119 Å². The van der Waals surface area contributed by atoms with E-state index in [0.29, 0.717) is 5.56 Å². The molecule has 0 saturated carbocycles. The number of aromatic amines is 1. The van der Waals surface area contributed by atoms with Gasteiger partial charge in [0.05, 0.1) is 6.33 Å². The Hall–Kier alpha value is -3.16. The van der Waals surface area contributed by atoms with Gasteiger partial charge in [-0.05, 0) is 5.56 Å². The first-order valence-corrected chi connectivity index (χ1v) is 5.88. The fourth-order valence-corrected chi connectivity index (χ4v) is 1.77. The summed E-state index contributed by atoms with van der Waals surface area (Å²) in [6, 6.07) is 7.04. The summed E-state index contributed by atoms with van der Waals surface area (Å²) < 4.78 is 0. The molecule has 0 unspecified atom stereocenters. The van der Waals surface area contributed by atoms with Gasteiger partial charge in [0, 0.05) is 0 Å². The Morgan fingerprint density at radius 3 is 2.48 bits per heavy atom. The van der Waals surface area contributed by atoms with Crippen LogP contribution in [0.3, 0.4) is 0 Å². The Morgan fingerprint density at radius 1 is 1.24 bits per heavy atom. The third kappa shape index (κ3) is 3.06. The van der Waals surface area contributed by atoms with Crippen LogP contribution in [0.25, 0.3) is 0 Å². The third-order valence-electron chi connectivity index (χ3n) is 2.74. The molecule has 0 saturated heterocycles. The lowest BCUT2D eigenvalue weighted by Crippen LogP contribution is -2.35. The number of hydrogen-bond donors (Lipinski definition) is 3. The number of aromatic nitrogens is 2. The molecule has 1 heterocycles. The van der Waals surface area contributed by atoms with E-state index in [9.17, 15) is 14.4 Å². The van der Waals surface area contributed by atoms with Gasteiger partial charge >= 0.3 is 5.97 Å². The lowest BCUT2D eigenvalue weighted by Gasteiger charge is -2.14. The Balaban J connectivity index is 2.26. The first-order chi connectivity index (χ1) is 10.0. The van der Waals surface area contributed by atoms with E-state index in [-0.39, 0.29) is 11.4 Å². The van der Waals surface area contributed by atoms with E-state index >= 15 is 0 Å². The maximum atomic E-state index is 12.0. The molecule has 2 rings (SSSR count). The maximum absolute atomic E-state index is 12.0. The number of carbonyl (C=O) groups is 3. The highest BCUT2D eigenvalue weighted by Crippen LogP contribution is 2.14. The molecule has 1 atom stereocenters. The summed E-state index contributed by atoms with van der Waals surface area (Å²) in [7, 11) is 0. The molecule has 4 N–H and O–H groups in total. The molecule has 0 aliphatic rings. The van der Waals surface area contributed by atoms with Crippen molar-refractivity contribution in [2.75, 3.05) is 0 Å². The number of benzene rings is 1. The Bertz CT molecular complexity index is 680. The van der Waals surface area contributed by atoms with Crippen LogP contribution >= 0.6 is 0 Å². The molecule has 2 aromatic rings. The van der Waals surface area contributed by atoms with Crippen LogP contribution in [0.15, 0.2) is 36.7 Å². The number of H-pyrrole nitrogens is 1. The first-order valence-electron chi connectivity index (χ1n) is 5.88. The smallest absolute Gasteiger partial charge is 0.354 e. The maximum Gasteiger partial charge on any atom is 0.354 e. The Kier molecular flexibility index (Phi) is 3.98. The molecule has 8 nitrogen and oxygen atoms in total. The largest absolute Gasteiger partial charge is 0.477 e. The van der Waals surface area contributed by atoms with Gasteiger partial charge in [-0.2, -0.15) is 0 Å². The summed E-state index contributed by atoms with van der Waals surface area (Å²) in [5.74, 6) is -3.20. The number of carboxylic acid groups (broad SMARTS) is 1. The summed E-state index contributed by atoms with van der Waals surface area (Å²) in [6.45, 7) is 0. The Morgan fingerprint density at radius 2 is 1.90 bits per heavy atom. The number of aromatic carboxylic acids is 1. The van der Waals surface area contributed by atoms with Crippen molar-refractivity contribution in [2.45, 2.75) is 6.04 Å². The summed E-state index contributed by atoms with van der Waals surface area (Å²) >= 11 is 0. The normalized spacial score (nSPS) is 11.6. The molecule has 0 fully saturated rings. The topological polar surface area (TPSA) is 136 Å². The standard InChI is InChI=1S/C13H11N4O4/c14-11(18)8(7-4-2-1-3-5-7)17-12(19)9-10(13(20)21)16-6-15-9/h1-6,8,14H,(H,15,16)(H,17,19)(H,20,21)/t8-/m1/s1. The molecule has 2 amide bonds. The van der Waals surface area contributed by atoms with Crippen LogP contribution in [0.2, 0.25) is 0 Å². The zero-order valence-corrected chi connectivity index (χ0v) is 10.7. The van der Waals surface area contributed by atoms with Crippen LogP contribution in [0.5, 0.6) is 0 Å². The molecule has 0 aliphatic carbocycles. The number of imidazole rings is 1. The second-order valence-corrected chi connectivity index (χ2v) is 4.11. The van der Waals surface area contributed by atoms with Crippen LogP contribution in [0.1, 0.15) is 32.6 Å². The fourth-order valence-electron chi connectivity index (χ4n) is 1.77. The zero-order chi connectivity index (χ0) is 15.4. The number of carbonyl (C=O) groups excluding carboxylic acids is 2. The van der Waals surface area contributed by atoms with Crippen molar-refractivity contribution in [3.8, 4) is 0 Å². The van der Waals surface area contributed by atoms with Gasteiger partial charge < -0.3 is 15.4 Å². The van der Waals surface area contributed by atoms with Gasteiger partial charge in [0.2, 0.25) is 0 Å². The van der Waals surface area contributed by atoms with E-state index in [0.717, 1.165) is 6.33 Å². The molecule has 0 bridgehead atoms. The van der Waals surface area contributed by atoms with Crippen molar-refractivity contribution in [1.82, 2.24) is 21.0 Å². The lowest BCUT2D eigenvalue weighted by atomic mass is 10.1. The van der Waals surface area contributed by atoms with Crippen molar-refractivity contribution >= 4 is 17.8 Å². The average molecular weight is 287 g/mol. The molecule has 0 aliphatic heterocycles. The van der Waals surface area contributed by atoms with E-state index < -0.39 is 23.8 Å². The molecule has 1 aromatic heterocycles. The summed E-state index contributed by atoms with van der Waals surface area (Å²) in [4.78, 5) is 40.3. The minimum Gasteiger partial charge on any atom is -0.477 e. The second kappa shape index (κ2) is 5.87. The SMILES string of the molecule is [NH]C(=O)[C@H](NC(=O)c1nc[nH]c1C(=O)O)c1ccccc1. The van der Waals surface area contributed by atoms with Gasteiger partial charge in [0.1, 0.15) is 6.04 Å². The van der Waals surface area contributed by atoms with Crippen molar-refractivity contribution in [2.24, 2.45) is 0 Å². The minimum atomic E-state index is -1.34. The number of nitrogens with zero attached hydrogens (tertiary/aromatic N) is 1. The quantitative estimate of drug-likeness (QED) is 0.730. The summed E-state index contributed by atoms with van der Waals surface area (Å²) in [5.41, 5.74) is 6.94. The van der Waals surface area contributed by atoms with Gasteiger partial charge in [-0.1, -0.05) is 30.3 Å². The molecule has 107 valence electrons. The van der Waals surface area contributed by atoms with Crippen LogP contribution in [0, 0.1) is 0 Å². The number of hydrogen-bond acceptors (Lipinski definition) is 4. The zero-order valence-electron chi connectivity index (χ0n) is 10.7. The fraction of sp³-hybridized carbons (Fsp3) is 0.0769. The highest BCUT2D eigenvalue weighted by molar-refractivity contribution is 6.03. The molecular formula is C13H11N4O4. The van der Waals surface area contributed by atoms with Crippen molar-refractivity contribution < 1.29 is 19.5 Å². The molecule has 1 radical (unpaired) electrons. The van der Waals surface area contributed by atoms with Crippen LogP contribution < -0.4 is 11.1 Å². The van der Waals surface area contributed by atoms with Crippen LogP contribution in [-0.2, 0) is 4.79 Å². The van der Waals surface area contributed by atoms with Crippen molar-refractivity contribution in [1.29, 1.82) is 0 Å². The van der Waals surface area contributed by atoms with Gasteiger partial charge in [-0.25, -0.2) is 9.78 Å². The molecule has 21 heavy (non-hydrogen) atoms. The molecule has 0 spiro atoms. The number of carboxylic acids is 1. The van der Waals surface area contributed by atoms with E-state index in [1.165, 1.54) is 0 Å². The molecule has 1 aromatic carbocycles. The van der Waals surface area contributed by atoms with E-state index in [2.05, 4.69) is 15.3 Å². The average Bonchev–Trinajstić information content (AvgIpc) is 2.94. The highest BCUT2D eigenvalue weighted by Gasteiger charge is 2.25. The van der Waals surface area contributed by atoms with Gasteiger partial charge in [-0.15, -0.1) is 0 Å². The van der Waals surface area contributed by atoms with Crippen LogP contribution in [-0.4, -0.2) is 32.9 Å². The summed E-state index contributed by atoms with van der Waals surface area (Å²) in [5, 5.41) is 11.2. The molecule has 8 heteroatoms. The van der Waals surface area contributed by atoms with Crippen LogP contribution in [0.4, 0.5) is 0 Å². The van der Waals surface area contributed by atoms with Crippen molar-refractivity contribution in [3.05, 3.63) is 53.6 Å². The number of amides is 2. The van der Waals surface area contributed by atoms with Gasteiger partial charge in [-0.3, -0.25) is 15.3 Å². The third-order valence-corrected chi connectivity index (χ3v) is 2.74. The highest BCUT2D eigenvalue weighted by atomic mass is 16.4. The van der Waals surface area contributed by atoms with E-state index in [1.807, 2.05) is 0 Å². The second-order valence-electron chi connectivity index (χ2n) is 4.11. The molecular weight excluding hydrogens is 276 g/mol.